The maximum Gasteiger partial charge on any atom is 0.144 e. The van der Waals surface area contributed by atoms with E-state index in [1.807, 2.05) is 24.3 Å². The number of benzene rings is 1. The van der Waals surface area contributed by atoms with Crippen LogP contribution in [0, 0.1) is 11.5 Å². The fourth-order valence-electron chi connectivity index (χ4n) is 1.30. The Balaban J connectivity index is 3.08. The molecule has 2 nitrogen and oxygen atoms in total. The smallest absolute Gasteiger partial charge is 0.144 e. The third-order valence-corrected chi connectivity index (χ3v) is 3.08. The maximum atomic E-state index is 10.7. The summed E-state index contributed by atoms with van der Waals surface area (Å²) in [5, 5.41) is 0. The van der Waals surface area contributed by atoms with E-state index in [0.29, 0.717) is 0 Å². The summed E-state index contributed by atoms with van der Waals surface area (Å²) in [6, 6.07) is 7.55. The summed E-state index contributed by atoms with van der Waals surface area (Å²) in [7, 11) is 0.185. The molecule has 0 unspecified atom stereocenters. The first-order valence-electron chi connectivity index (χ1n) is 5.79. The monoisotopic (exact) mass is 258 g/mol. The Morgan fingerprint density at radius 2 is 1.83 bits per heavy atom. The van der Waals surface area contributed by atoms with Crippen molar-refractivity contribution < 1.29 is 9.53 Å². The molecule has 0 N–H and O–H groups in total. The average molecular weight is 258 g/mol. The van der Waals surface area contributed by atoms with Crippen LogP contribution < -0.4 is 4.74 Å². The van der Waals surface area contributed by atoms with Crippen molar-refractivity contribution in [3.63, 3.8) is 0 Å². The molecule has 1 rings (SSSR count). The van der Waals surface area contributed by atoms with E-state index in [2.05, 4.69) is 31.1 Å². The lowest BCUT2D eigenvalue weighted by Crippen LogP contribution is -2.16. The van der Waals surface area contributed by atoms with E-state index in [1.165, 1.54) is 6.08 Å². The third-order valence-electron chi connectivity index (χ3n) is 2.21. The molecule has 0 heterocycles. The number of ether oxygens (including phenoxy) is 1. The number of carbonyl (C=O) groups is 1. The van der Waals surface area contributed by atoms with Crippen molar-refractivity contribution >= 4 is 19.9 Å². The second kappa shape index (κ2) is 6.22. The van der Waals surface area contributed by atoms with Gasteiger partial charge < -0.3 is 4.74 Å². The van der Waals surface area contributed by atoms with E-state index < -0.39 is 8.07 Å². The second-order valence-electron chi connectivity index (χ2n) is 4.94. The van der Waals surface area contributed by atoms with Gasteiger partial charge in [0.05, 0.1) is 7.11 Å². The average Bonchev–Trinajstić information content (AvgIpc) is 2.33. The van der Waals surface area contributed by atoms with E-state index in [9.17, 15) is 4.79 Å². The SMILES string of the molecule is COc1ccc(/C(C#C[Si](C)(C)C)=C/C=O)cc1. The Morgan fingerprint density at radius 1 is 1.22 bits per heavy atom. The molecule has 1 aromatic rings. The molecular weight excluding hydrogens is 240 g/mol. The predicted octanol–water partition coefficient (Wildman–Crippen LogP) is 3.16. The van der Waals surface area contributed by atoms with Crippen LogP contribution in [0.25, 0.3) is 5.57 Å². The Kier molecular flexibility index (Phi) is 4.93. The minimum Gasteiger partial charge on any atom is -0.497 e. The van der Waals surface area contributed by atoms with Crippen molar-refractivity contribution in [1.82, 2.24) is 0 Å². The van der Waals surface area contributed by atoms with E-state index in [0.717, 1.165) is 23.2 Å². The van der Waals surface area contributed by atoms with Gasteiger partial charge in [-0.2, -0.15) is 0 Å². The van der Waals surface area contributed by atoms with Gasteiger partial charge in [0, 0.05) is 5.57 Å². The van der Waals surface area contributed by atoms with Crippen LogP contribution in [0.5, 0.6) is 5.75 Å². The van der Waals surface area contributed by atoms with Gasteiger partial charge in [-0.1, -0.05) is 37.7 Å². The van der Waals surface area contributed by atoms with E-state index in [-0.39, 0.29) is 0 Å². The zero-order valence-corrected chi connectivity index (χ0v) is 12.3. The highest BCUT2D eigenvalue weighted by molar-refractivity contribution is 6.84. The molecule has 0 aliphatic carbocycles. The Hall–Kier alpha value is -1.79. The molecule has 0 bridgehead atoms. The van der Waals surface area contributed by atoms with Crippen molar-refractivity contribution in [2.75, 3.05) is 7.11 Å². The van der Waals surface area contributed by atoms with Gasteiger partial charge in [0.25, 0.3) is 0 Å². The summed E-state index contributed by atoms with van der Waals surface area (Å²) in [5.74, 6) is 3.91. The topological polar surface area (TPSA) is 26.3 Å². The van der Waals surface area contributed by atoms with Crippen LogP contribution in [0.4, 0.5) is 0 Å². The number of rotatable bonds is 3. The molecule has 0 aliphatic rings. The lowest BCUT2D eigenvalue weighted by molar-refractivity contribution is -0.104. The molecule has 0 saturated carbocycles. The zero-order valence-electron chi connectivity index (χ0n) is 11.3. The van der Waals surface area contributed by atoms with Crippen LogP contribution >= 0.6 is 0 Å². The molecule has 94 valence electrons. The summed E-state index contributed by atoms with van der Waals surface area (Å²) in [4.78, 5) is 10.7. The van der Waals surface area contributed by atoms with Crippen LogP contribution in [0.1, 0.15) is 5.56 Å². The molecule has 0 aromatic heterocycles. The van der Waals surface area contributed by atoms with Crippen LogP contribution in [0.15, 0.2) is 30.3 Å². The molecule has 0 fully saturated rings. The summed E-state index contributed by atoms with van der Waals surface area (Å²) < 4.78 is 5.10. The number of allylic oxidation sites excluding steroid dienone is 2. The zero-order chi connectivity index (χ0) is 13.6. The summed E-state index contributed by atoms with van der Waals surface area (Å²) >= 11 is 0. The first-order chi connectivity index (χ1) is 8.46. The van der Waals surface area contributed by atoms with Gasteiger partial charge in [0.1, 0.15) is 20.1 Å². The number of hydrogen-bond acceptors (Lipinski definition) is 2. The first kappa shape index (κ1) is 14.3. The lowest BCUT2D eigenvalue weighted by Gasteiger charge is -2.05. The van der Waals surface area contributed by atoms with Crippen molar-refractivity contribution in [1.29, 1.82) is 0 Å². The largest absolute Gasteiger partial charge is 0.497 e. The van der Waals surface area contributed by atoms with Crippen molar-refractivity contribution in [2.24, 2.45) is 0 Å². The van der Waals surface area contributed by atoms with Gasteiger partial charge >= 0.3 is 0 Å². The number of carbonyl (C=O) groups excluding carboxylic acids is 1. The lowest BCUT2D eigenvalue weighted by atomic mass is 10.1. The fraction of sp³-hybridized carbons (Fsp3) is 0.267. The third kappa shape index (κ3) is 4.60. The van der Waals surface area contributed by atoms with E-state index in [1.54, 1.807) is 7.11 Å². The quantitative estimate of drug-likeness (QED) is 0.360. The van der Waals surface area contributed by atoms with Crippen LogP contribution in [-0.2, 0) is 4.79 Å². The highest BCUT2D eigenvalue weighted by atomic mass is 28.3. The summed E-state index contributed by atoms with van der Waals surface area (Å²) in [6.07, 6.45) is 2.29. The highest BCUT2D eigenvalue weighted by Gasteiger charge is 2.08. The van der Waals surface area contributed by atoms with Gasteiger partial charge in [-0.25, -0.2) is 0 Å². The molecule has 18 heavy (non-hydrogen) atoms. The molecule has 0 atom stereocenters. The van der Waals surface area contributed by atoms with Crippen LogP contribution in [0.3, 0.4) is 0 Å². The molecule has 0 radical (unpaired) electrons. The normalized spacial score (nSPS) is 11.4. The minimum atomic E-state index is -1.44. The highest BCUT2D eigenvalue weighted by Crippen LogP contribution is 2.18. The van der Waals surface area contributed by atoms with Gasteiger partial charge in [-0.15, -0.1) is 5.54 Å². The Bertz CT molecular complexity index is 496. The molecule has 1 aromatic carbocycles. The minimum absolute atomic E-state index is 0.759. The van der Waals surface area contributed by atoms with Gasteiger partial charge in [-0.3, -0.25) is 4.79 Å². The molecule has 3 heteroatoms. The van der Waals surface area contributed by atoms with Crippen molar-refractivity contribution in [3.8, 4) is 17.2 Å². The molecule has 0 aliphatic heterocycles. The fourth-order valence-corrected chi connectivity index (χ4v) is 1.81. The van der Waals surface area contributed by atoms with Gasteiger partial charge in [-0.05, 0) is 23.8 Å². The molecule has 0 amide bonds. The predicted molar refractivity (Wildman–Crippen MR) is 78.2 cm³/mol. The maximum absolute atomic E-state index is 10.7. The summed E-state index contributed by atoms with van der Waals surface area (Å²) in [6.45, 7) is 6.52. The van der Waals surface area contributed by atoms with Gasteiger partial charge in [0.2, 0.25) is 0 Å². The van der Waals surface area contributed by atoms with Crippen molar-refractivity contribution in [2.45, 2.75) is 19.6 Å². The standard InChI is InChI=1S/C15H18O2Si/c1-17-15-7-5-13(6-8-15)14(9-11-16)10-12-18(2,3)4/h5-9,11H,1-4H3/b14-9+. The Labute approximate surface area is 110 Å². The van der Waals surface area contributed by atoms with E-state index in [4.69, 9.17) is 4.74 Å². The number of hydrogen-bond donors (Lipinski definition) is 0. The first-order valence-corrected chi connectivity index (χ1v) is 9.29. The Morgan fingerprint density at radius 3 is 2.28 bits per heavy atom. The van der Waals surface area contributed by atoms with Gasteiger partial charge in [0.15, 0.2) is 0 Å². The molecule has 0 spiro atoms. The molecule has 0 saturated heterocycles. The van der Waals surface area contributed by atoms with Crippen molar-refractivity contribution in [3.05, 3.63) is 35.9 Å². The van der Waals surface area contributed by atoms with E-state index >= 15 is 0 Å². The second-order valence-corrected chi connectivity index (χ2v) is 9.69. The van der Waals surface area contributed by atoms with Crippen LogP contribution in [-0.4, -0.2) is 21.5 Å². The summed E-state index contributed by atoms with van der Waals surface area (Å²) in [5.41, 5.74) is 4.96. The van der Waals surface area contributed by atoms with Crippen LogP contribution in [0.2, 0.25) is 19.6 Å². The number of methoxy groups -OCH3 is 1. The molecular formula is C15H18O2Si. The number of aldehydes is 1.